The summed E-state index contributed by atoms with van der Waals surface area (Å²) in [5, 5.41) is 15.7. The summed E-state index contributed by atoms with van der Waals surface area (Å²) >= 11 is 0. The van der Waals surface area contributed by atoms with Gasteiger partial charge < -0.3 is 9.84 Å². The fourth-order valence-electron chi connectivity index (χ4n) is 3.17. The Kier molecular flexibility index (Phi) is 7.74. The van der Waals surface area contributed by atoms with E-state index in [0.29, 0.717) is 6.61 Å². The average Bonchev–Trinajstić information content (AvgIpc) is 3.05. The summed E-state index contributed by atoms with van der Waals surface area (Å²) in [6.07, 6.45) is -3.01. The summed E-state index contributed by atoms with van der Waals surface area (Å²) in [4.78, 5) is 11.3. The average molecular weight is 414 g/mol. The van der Waals surface area contributed by atoms with Crippen LogP contribution in [0.1, 0.15) is 35.5 Å². The molecule has 2 heterocycles. The number of nitrogens with zero attached hydrogens (tertiary/aromatic N) is 4. The predicted octanol–water partition coefficient (Wildman–Crippen LogP) is 2.76. The van der Waals surface area contributed by atoms with Crippen molar-refractivity contribution in [1.29, 1.82) is 0 Å². The van der Waals surface area contributed by atoms with E-state index < -0.39 is 12.1 Å². The van der Waals surface area contributed by atoms with Crippen LogP contribution in [0.2, 0.25) is 0 Å². The van der Waals surface area contributed by atoms with Crippen molar-refractivity contribution < 1.29 is 27.8 Å². The molecule has 1 unspecified atom stereocenters. The maximum Gasteiger partial charge on any atom is 0.490 e. The van der Waals surface area contributed by atoms with Crippen LogP contribution in [0.5, 0.6) is 0 Å². The summed E-state index contributed by atoms with van der Waals surface area (Å²) in [5.74, 6) is -2.76. The summed E-state index contributed by atoms with van der Waals surface area (Å²) in [5.41, 5.74) is 5.03. The molecule has 0 bridgehead atoms. The molecule has 2 aromatic rings. The minimum Gasteiger partial charge on any atom is -0.475 e. The molecule has 1 aliphatic rings. The van der Waals surface area contributed by atoms with Crippen molar-refractivity contribution in [2.75, 3.05) is 20.3 Å². The van der Waals surface area contributed by atoms with E-state index in [1.165, 1.54) is 16.8 Å². The van der Waals surface area contributed by atoms with E-state index in [0.717, 1.165) is 31.6 Å². The van der Waals surface area contributed by atoms with Crippen LogP contribution in [0, 0.1) is 0 Å². The third-order valence-electron chi connectivity index (χ3n) is 4.75. The molecule has 1 aliphatic heterocycles. The van der Waals surface area contributed by atoms with Crippen LogP contribution >= 0.6 is 0 Å². The second-order valence-corrected chi connectivity index (χ2v) is 6.71. The van der Waals surface area contributed by atoms with Crippen LogP contribution in [0.3, 0.4) is 0 Å². The summed E-state index contributed by atoms with van der Waals surface area (Å²) in [6, 6.07) is 9.09. The Bertz CT molecular complexity index is 806. The standard InChI is InChI=1S/C17H24N4O.C2HF3O2/c1-4-13-5-7-14(8-6-13)11-21-10-9-15-17(16(21)12-22-3)18-19-20(15)2;3-2(4,5)1(6)7/h5-8,16H,4,9-12H2,1-3H3;(H,6,7). The van der Waals surface area contributed by atoms with Crippen molar-refractivity contribution in [3.05, 3.63) is 46.8 Å². The predicted molar refractivity (Wildman–Crippen MR) is 99.2 cm³/mol. The zero-order chi connectivity index (χ0) is 21.6. The van der Waals surface area contributed by atoms with Gasteiger partial charge in [0.25, 0.3) is 0 Å². The molecule has 1 atom stereocenters. The zero-order valence-corrected chi connectivity index (χ0v) is 16.6. The molecule has 0 aliphatic carbocycles. The number of ether oxygens (including phenoxy) is 1. The van der Waals surface area contributed by atoms with Crippen molar-refractivity contribution in [2.45, 2.75) is 38.5 Å². The Hall–Kier alpha value is -2.46. The minimum atomic E-state index is -5.08. The fraction of sp³-hybridized carbons (Fsp3) is 0.526. The SMILES string of the molecule is CCc1ccc(CN2CCc3c(nnn3C)C2COC)cc1.O=C(O)C(F)(F)F. The first kappa shape index (κ1) is 22.8. The Labute approximate surface area is 167 Å². The van der Waals surface area contributed by atoms with E-state index >= 15 is 0 Å². The van der Waals surface area contributed by atoms with Crippen LogP contribution < -0.4 is 0 Å². The van der Waals surface area contributed by atoms with Crippen LogP contribution in [0.25, 0.3) is 0 Å². The number of hydrogen-bond donors (Lipinski definition) is 1. The number of halogens is 3. The highest BCUT2D eigenvalue weighted by atomic mass is 19.4. The van der Waals surface area contributed by atoms with Crippen molar-refractivity contribution >= 4 is 5.97 Å². The Morgan fingerprint density at radius 1 is 1.28 bits per heavy atom. The fourth-order valence-corrected chi connectivity index (χ4v) is 3.17. The number of aromatic nitrogens is 3. The molecule has 0 saturated carbocycles. The normalized spacial score (nSPS) is 16.7. The van der Waals surface area contributed by atoms with Crippen molar-refractivity contribution in [3.63, 3.8) is 0 Å². The number of carboxylic acid groups (broad SMARTS) is 1. The first-order valence-corrected chi connectivity index (χ1v) is 9.16. The lowest BCUT2D eigenvalue weighted by Crippen LogP contribution is -2.37. The number of benzene rings is 1. The molecule has 7 nitrogen and oxygen atoms in total. The van der Waals surface area contributed by atoms with Gasteiger partial charge in [-0.05, 0) is 17.5 Å². The zero-order valence-electron chi connectivity index (χ0n) is 16.6. The molecule has 0 saturated heterocycles. The Morgan fingerprint density at radius 2 is 1.86 bits per heavy atom. The second kappa shape index (κ2) is 9.84. The lowest BCUT2D eigenvalue weighted by molar-refractivity contribution is -0.192. The molecule has 10 heteroatoms. The highest BCUT2D eigenvalue weighted by molar-refractivity contribution is 5.73. The van der Waals surface area contributed by atoms with Gasteiger partial charge in [-0.1, -0.05) is 36.4 Å². The number of rotatable bonds is 5. The molecule has 0 amide bonds. The summed E-state index contributed by atoms with van der Waals surface area (Å²) < 4.78 is 39.1. The van der Waals surface area contributed by atoms with Gasteiger partial charge in [-0.25, -0.2) is 4.79 Å². The molecule has 1 aromatic carbocycles. The van der Waals surface area contributed by atoms with E-state index in [1.54, 1.807) is 7.11 Å². The maximum absolute atomic E-state index is 10.6. The van der Waals surface area contributed by atoms with Gasteiger partial charge in [0.15, 0.2) is 0 Å². The van der Waals surface area contributed by atoms with Gasteiger partial charge in [-0.3, -0.25) is 9.58 Å². The molecule has 1 N–H and O–H groups in total. The van der Waals surface area contributed by atoms with Crippen molar-refractivity contribution in [2.24, 2.45) is 7.05 Å². The van der Waals surface area contributed by atoms with Crippen molar-refractivity contribution in [1.82, 2.24) is 19.9 Å². The minimum absolute atomic E-state index is 0.188. The van der Waals surface area contributed by atoms with Gasteiger partial charge in [0.2, 0.25) is 0 Å². The topological polar surface area (TPSA) is 80.5 Å². The highest BCUT2D eigenvalue weighted by Gasteiger charge is 2.38. The molecular weight excluding hydrogens is 389 g/mol. The number of aryl methyl sites for hydroxylation is 2. The number of alkyl halides is 3. The molecule has 0 radical (unpaired) electrons. The van der Waals surface area contributed by atoms with Crippen LogP contribution in [0.4, 0.5) is 13.2 Å². The molecule has 160 valence electrons. The second-order valence-electron chi connectivity index (χ2n) is 6.71. The van der Waals surface area contributed by atoms with Gasteiger partial charge in [-0.15, -0.1) is 5.10 Å². The molecular formula is C19H25F3N4O3. The molecule has 0 spiro atoms. The lowest BCUT2D eigenvalue weighted by atomic mass is 10.0. The van der Waals surface area contributed by atoms with Crippen LogP contribution in [-0.2, 0) is 36.0 Å². The third-order valence-corrected chi connectivity index (χ3v) is 4.75. The van der Waals surface area contributed by atoms with Crippen molar-refractivity contribution in [3.8, 4) is 0 Å². The number of methoxy groups -OCH3 is 1. The van der Waals surface area contributed by atoms with Gasteiger partial charge >= 0.3 is 12.1 Å². The number of hydrogen-bond acceptors (Lipinski definition) is 5. The van der Waals surface area contributed by atoms with Crippen LogP contribution in [0.15, 0.2) is 24.3 Å². The Morgan fingerprint density at radius 3 is 2.38 bits per heavy atom. The quantitative estimate of drug-likeness (QED) is 0.811. The van der Waals surface area contributed by atoms with Crippen LogP contribution in [-0.4, -0.2) is 57.4 Å². The van der Waals surface area contributed by atoms with Gasteiger partial charge in [0.05, 0.1) is 18.3 Å². The van der Waals surface area contributed by atoms with E-state index in [2.05, 4.69) is 46.4 Å². The van der Waals surface area contributed by atoms with E-state index in [4.69, 9.17) is 14.6 Å². The van der Waals surface area contributed by atoms with Gasteiger partial charge in [0, 0.05) is 33.7 Å². The number of carboxylic acids is 1. The number of aliphatic carboxylic acids is 1. The monoisotopic (exact) mass is 414 g/mol. The highest BCUT2D eigenvalue weighted by Crippen LogP contribution is 2.29. The smallest absolute Gasteiger partial charge is 0.475 e. The molecule has 3 rings (SSSR count). The van der Waals surface area contributed by atoms with Gasteiger partial charge in [0.1, 0.15) is 5.69 Å². The molecule has 29 heavy (non-hydrogen) atoms. The first-order chi connectivity index (χ1) is 13.7. The summed E-state index contributed by atoms with van der Waals surface area (Å²) in [7, 11) is 3.72. The lowest BCUT2D eigenvalue weighted by Gasteiger charge is -2.34. The Balaban J connectivity index is 0.000000370. The van der Waals surface area contributed by atoms with E-state index in [9.17, 15) is 13.2 Å². The first-order valence-electron chi connectivity index (χ1n) is 9.16. The molecule has 1 aromatic heterocycles. The number of fused-ring (bicyclic) bond motifs is 1. The van der Waals surface area contributed by atoms with E-state index in [1.807, 2.05) is 11.7 Å². The molecule has 0 fully saturated rings. The largest absolute Gasteiger partial charge is 0.490 e. The summed E-state index contributed by atoms with van der Waals surface area (Å²) in [6.45, 7) is 4.77. The maximum atomic E-state index is 10.6. The third kappa shape index (κ3) is 6.01. The van der Waals surface area contributed by atoms with Gasteiger partial charge in [-0.2, -0.15) is 13.2 Å². The number of carbonyl (C=O) groups is 1. The van der Waals surface area contributed by atoms with E-state index in [-0.39, 0.29) is 6.04 Å².